The molecule has 2 aliphatic rings. The van der Waals surface area contributed by atoms with Gasteiger partial charge in [0.25, 0.3) is 5.91 Å². The molecule has 2 aliphatic heterocycles. The minimum atomic E-state index is -0.0254. The lowest BCUT2D eigenvalue weighted by Gasteiger charge is -2.31. The van der Waals surface area contributed by atoms with Crippen LogP contribution in [0.25, 0.3) is 0 Å². The van der Waals surface area contributed by atoms with Crippen LogP contribution in [-0.2, 0) is 9.59 Å². The topological polar surface area (TPSA) is 86.3 Å². The van der Waals surface area contributed by atoms with Crippen molar-refractivity contribution < 1.29 is 14.3 Å². The van der Waals surface area contributed by atoms with Crippen molar-refractivity contribution in [3.05, 3.63) is 24.3 Å². The first-order valence-corrected chi connectivity index (χ1v) is 9.89. The van der Waals surface area contributed by atoms with Crippen LogP contribution in [0.4, 0.5) is 5.69 Å². The molecule has 1 unspecified atom stereocenters. The van der Waals surface area contributed by atoms with E-state index in [0.717, 1.165) is 36.8 Å². The van der Waals surface area contributed by atoms with Crippen LogP contribution in [0.2, 0.25) is 0 Å². The first kappa shape index (κ1) is 20.0. The molecule has 28 heavy (non-hydrogen) atoms. The summed E-state index contributed by atoms with van der Waals surface area (Å²) in [5, 5.41) is 6.67. The molecule has 0 radical (unpaired) electrons. The number of guanidine groups is 1. The largest absolute Gasteiger partial charge is 0.482 e. The zero-order valence-electron chi connectivity index (χ0n) is 16.6. The Morgan fingerprint density at radius 1 is 1.29 bits per heavy atom. The maximum atomic E-state index is 12.2. The zero-order valence-corrected chi connectivity index (χ0v) is 16.6. The quantitative estimate of drug-likeness (QED) is 0.432. The maximum absolute atomic E-state index is 12.2. The summed E-state index contributed by atoms with van der Waals surface area (Å²) in [5.74, 6) is 1.67. The normalized spacial score (nSPS) is 19.9. The number of anilines is 1. The minimum absolute atomic E-state index is 0.0254. The van der Waals surface area contributed by atoms with E-state index in [-0.39, 0.29) is 24.5 Å². The van der Waals surface area contributed by atoms with Crippen LogP contribution in [0.5, 0.6) is 5.75 Å². The fourth-order valence-electron chi connectivity index (χ4n) is 3.46. The number of fused-ring (bicyclic) bond motifs is 1. The predicted octanol–water partition coefficient (Wildman–Crippen LogP) is 0.978. The molecule has 1 aromatic carbocycles. The number of nitrogens with one attached hydrogen (secondary N) is 2. The summed E-state index contributed by atoms with van der Waals surface area (Å²) in [6.45, 7) is 4.76. The van der Waals surface area contributed by atoms with Crippen LogP contribution in [0.3, 0.4) is 0 Å². The standard InChI is InChI=1S/C20H29N5O3/c1-3-21-20(23-15-9-10-18(26)24(2)13-15)22-11-6-12-25-16-7-4-5-8-17(16)28-14-19(25)27/h4-5,7-8,15H,3,6,9-14H2,1-2H3,(H2,21,22,23). The Bertz CT molecular complexity index is 736. The molecule has 0 aliphatic carbocycles. The molecule has 1 saturated heterocycles. The molecular formula is C20H29N5O3. The maximum Gasteiger partial charge on any atom is 0.265 e. The molecule has 0 saturated carbocycles. The molecule has 1 fully saturated rings. The Kier molecular flexibility index (Phi) is 6.73. The van der Waals surface area contributed by atoms with E-state index in [1.165, 1.54) is 0 Å². The van der Waals surface area contributed by atoms with E-state index in [0.29, 0.717) is 26.1 Å². The molecule has 1 aromatic rings. The van der Waals surface area contributed by atoms with Gasteiger partial charge in [0.1, 0.15) is 5.75 Å². The fourth-order valence-corrected chi connectivity index (χ4v) is 3.46. The average Bonchev–Trinajstić information content (AvgIpc) is 2.69. The zero-order chi connectivity index (χ0) is 19.9. The van der Waals surface area contributed by atoms with E-state index >= 15 is 0 Å². The number of para-hydroxylation sites is 2. The third-order valence-corrected chi connectivity index (χ3v) is 4.93. The SMILES string of the molecule is CCNC(=NCCCN1C(=O)COc2ccccc21)NC1CCC(=O)N(C)C1. The Balaban J connectivity index is 1.53. The van der Waals surface area contributed by atoms with Crippen molar-refractivity contribution in [2.75, 3.05) is 44.7 Å². The number of carbonyl (C=O) groups excluding carboxylic acids is 2. The Morgan fingerprint density at radius 2 is 2.11 bits per heavy atom. The number of nitrogens with zero attached hydrogens (tertiary/aromatic N) is 3. The first-order chi connectivity index (χ1) is 13.6. The third kappa shape index (κ3) is 4.94. The molecule has 1 atom stereocenters. The van der Waals surface area contributed by atoms with E-state index in [1.807, 2.05) is 38.2 Å². The number of carbonyl (C=O) groups is 2. The lowest BCUT2D eigenvalue weighted by Crippen LogP contribution is -2.51. The monoisotopic (exact) mass is 387 g/mol. The molecule has 3 rings (SSSR count). The fraction of sp³-hybridized carbons (Fsp3) is 0.550. The number of aliphatic imine (C=N–C) groups is 1. The van der Waals surface area contributed by atoms with Crippen molar-refractivity contribution >= 4 is 23.5 Å². The number of hydrogen-bond donors (Lipinski definition) is 2. The van der Waals surface area contributed by atoms with Gasteiger partial charge in [0.2, 0.25) is 5.91 Å². The molecule has 2 amide bonds. The number of benzene rings is 1. The second-order valence-electron chi connectivity index (χ2n) is 7.07. The lowest BCUT2D eigenvalue weighted by molar-refractivity contribution is -0.132. The van der Waals surface area contributed by atoms with Gasteiger partial charge in [-0.3, -0.25) is 14.6 Å². The molecule has 8 nitrogen and oxygen atoms in total. The van der Waals surface area contributed by atoms with Crippen LogP contribution in [0.1, 0.15) is 26.2 Å². The molecular weight excluding hydrogens is 358 g/mol. The minimum Gasteiger partial charge on any atom is -0.482 e. The Hall–Kier alpha value is -2.77. The van der Waals surface area contributed by atoms with Crippen LogP contribution in [0, 0.1) is 0 Å². The summed E-state index contributed by atoms with van der Waals surface area (Å²) >= 11 is 0. The molecule has 0 spiro atoms. The number of likely N-dealkylation sites (N-methyl/N-ethyl adjacent to an activating group) is 1. The third-order valence-electron chi connectivity index (χ3n) is 4.93. The van der Waals surface area contributed by atoms with Gasteiger partial charge in [0.05, 0.1) is 5.69 Å². The van der Waals surface area contributed by atoms with Crippen molar-refractivity contribution in [3.63, 3.8) is 0 Å². The van der Waals surface area contributed by atoms with Crippen molar-refractivity contribution in [2.24, 2.45) is 4.99 Å². The van der Waals surface area contributed by atoms with Crippen LogP contribution in [-0.4, -0.2) is 68.5 Å². The first-order valence-electron chi connectivity index (χ1n) is 9.89. The van der Waals surface area contributed by atoms with Gasteiger partial charge in [-0.2, -0.15) is 0 Å². The van der Waals surface area contributed by atoms with Crippen LogP contribution < -0.4 is 20.3 Å². The number of ether oxygens (including phenoxy) is 1. The van der Waals surface area contributed by atoms with Crippen molar-refractivity contribution in [1.29, 1.82) is 0 Å². The van der Waals surface area contributed by atoms with Gasteiger partial charge in [-0.1, -0.05) is 12.1 Å². The molecule has 0 aromatic heterocycles. The summed E-state index contributed by atoms with van der Waals surface area (Å²) in [5.41, 5.74) is 0.822. The number of piperidine rings is 1. The van der Waals surface area contributed by atoms with E-state index in [2.05, 4.69) is 15.6 Å². The summed E-state index contributed by atoms with van der Waals surface area (Å²) in [6.07, 6.45) is 2.12. The molecule has 2 heterocycles. The lowest BCUT2D eigenvalue weighted by atomic mass is 10.1. The predicted molar refractivity (Wildman–Crippen MR) is 109 cm³/mol. The summed E-state index contributed by atoms with van der Waals surface area (Å²) < 4.78 is 5.48. The van der Waals surface area contributed by atoms with Gasteiger partial charge in [-0.25, -0.2) is 0 Å². The highest BCUT2D eigenvalue weighted by atomic mass is 16.5. The second-order valence-corrected chi connectivity index (χ2v) is 7.07. The average molecular weight is 387 g/mol. The molecule has 152 valence electrons. The van der Waals surface area contributed by atoms with Crippen molar-refractivity contribution in [2.45, 2.75) is 32.2 Å². The number of rotatable bonds is 6. The number of amides is 2. The smallest absolute Gasteiger partial charge is 0.265 e. The Labute approximate surface area is 165 Å². The van der Waals surface area contributed by atoms with Gasteiger partial charge >= 0.3 is 0 Å². The van der Waals surface area contributed by atoms with Gasteiger partial charge in [-0.15, -0.1) is 0 Å². The van der Waals surface area contributed by atoms with Gasteiger partial charge in [0.15, 0.2) is 12.6 Å². The highest BCUT2D eigenvalue weighted by Crippen LogP contribution is 2.31. The van der Waals surface area contributed by atoms with Crippen molar-refractivity contribution in [1.82, 2.24) is 15.5 Å². The molecule has 0 bridgehead atoms. The highest BCUT2D eigenvalue weighted by molar-refractivity contribution is 5.97. The van der Waals surface area contributed by atoms with E-state index in [1.54, 1.807) is 9.80 Å². The van der Waals surface area contributed by atoms with Crippen molar-refractivity contribution in [3.8, 4) is 5.75 Å². The summed E-state index contributed by atoms with van der Waals surface area (Å²) in [4.78, 5) is 32.0. The Morgan fingerprint density at radius 3 is 2.89 bits per heavy atom. The summed E-state index contributed by atoms with van der Waals surface area (Å²) in [7, 11) is 1.83. The van der Waals surface area contributed by atoms with E-state index < -0.39 is 0 Å². The van der Waals surface area contributed by atoms with Gasteiger partial charge < -0.3 is 25.2 Å². The number of hydrogen-bond acceptors (Lipinski definition) is 4. The number of likely N-dealkylation sites (tertiary alicyclic amines) is 1. The van der Waals surface area contributed by atoms with Gasteiger partial charge in [0, 0.05) is 45.7 Å². The van der Waals surface area contributed by atoms with Crippen LogP contribution in [0.15, 0.2) is 29.3 Å². The summed E-state index contributed by atoms with van der Waals surface area (Å²) in [6, 6.07) is 7.80. The molecule has 2 N–H and O–H groups in total. The van der Waals surface area contributed by atoms with Gasteiger partial charge in [-0.05, 0) is 31.9 Å². The second kappa shape index (κ2) is 9.43. The van der Waals surface area contributed by atoms with E-state index in [4.69, 9.17) is 4.74 Å². The highest BCUT2D eigenvalue weighted by Gasteiger charge is 2.25. The molecule has 8 heteroatoms. The van der Waals surface area contributed by atoms with E-state index in [9.17, 15) is 9.59 Å². The van der Waals surface area contributed by atoms with Crippen LogP contribution >= 0.6 is 0 Å².